The van der Waals surface area contributed by atoms with Crippen LogP contribution in [0.25, 0.3) is 16.9 Å². The molecule has 1 aliphatic carbocycles. The summed E-state index contributed by atoms with van der Waals surface area (Å²) < 4.78 is 6.39. The van der Waals surface area contributed by atoms with Gasteiger partial charge in [-0.1, -0.05) is 38.1 Å². The number of hydrogen-bond donors (Lipinski definition) is 1. The van der Waals surface area contributed by atoms with Gasteiger partial charge in [-0.2, -0.15) is 0 Å². The fraction of sp³-hybridized carbons (Fsp3) is 0.273. The van der Waals surface area contributed by atoms with Crippen LogP contribution in [-0.4, -0.2) is 16.7 Å². The molecule has 0 amide bonds. The van der Waals surface area contributed by atoms with Gasteiger partial charge in [-0.3, -0.25) is 4.79 Å². The normalized spacial score (nSPS) is 17.9. The lowest BCUT2D eigenvalue weighted by Crippen LogP contribution is -2.44. The lowest BCUT2D eigenvalue weighted by atomic mass is 9.69. The minimum atomic E-state index is -0.431. The molecule has 1 aliphatic rings. The number of nitrogens with zero attached hydrogens (tertiary/aromatic N) is 1. The Morgan fingerprint density at radius 3 is 2.48 bits per heavy atom. The Morgan fingerprint density at radius 2 is 1.81 bits per heavy atom. The molecule has 4 rings (SSSR count). The molecule has 0 aliphatic heterocycles. The van der Waals surface area contributed by atoms with Crippen molar-refractivity contribution in [1.29, 1.82) is 0 Å². The van der Waals surface area contributed by atoms with E-state index in [4.69, 9.17) is 4.74 Å². The number of nitrogens with one attached hydrogen (secondary N) is 1. The lowest BCUT2D eigenvalue weighted by Gasteiger charge is -2.35. The molecule has 0 saturated heterocycles. The van der Waals surface area contributed by atoms with Crippen molar-refractivity contribution in [1.82, 2.24) is 9.55 Å². The predicted molar refractivity (Wildman–Crippen MR) is 106 cm³/mol. The zero-order valence-electron chi connectivity index (χ0n) is 15.7. The number of aromatic amines is 1. The molecular weight excluding hydrogens is 340 g/mol. The van der Waals surface area contributed by atoms with Crippen LogP contribution in [-0.2, 0) is 11.8 Å². The smallest absolute Gasteiger partial charge is 0.333 e. The second kappa shape index (κ2) is 6.27. The van der Waals surface area contributed by atoms with Crippen molar-refractivity contribution in [2.24, 2.45) is 0 Å². The summed E-state index contributed by atoms with van der Waals surface area (Å²) in [5.41, 5.74) is 2.94. The van der Waals surface area contributed by atoms with Gasteiger partial charge in [0.25, 0.3) is 5.56 Å². The van der Waals surface area contributed by atoms with Crippen LogP contribution < -0.4 is 16.0 Å². The first kappa shape index (κ1) is 17.3. The van der Waals surface area contributed by atoms with E-state index in [1.807, 2.05) is 18.2 Å². The van der Waals surface area contributed by atoms with E-state index in [0.29, 0.717) is 22.7 Å². The van der Waals surface area contributed by atoms with E-state index < -0.39 is 5.69 Å². The van der Waals surface area contributed by atoms with Crippen molar-refractivity contribution in [2.45, 2.75) is 32.1 Å². The van der Waals surface area contributed by atoms with Crippen LogP contribution in [0.3, 0.4) is 0 Å². The molecule has 0 unspecified atom stereocenters. The molecule has 0 saturated carbocycles. The molecule has 5 heteroatoms. The van der Waals surface area contributed by atoms with E-state index in [1.165, 1.54) is 4.57 Å². The number of rotatable bonds is 3. The second-order valence-electron chi connectivity index (χ2n) is 7.27. The van der Waals surface area contributed by atoms with Crippen LogP contribution in [0, 0.1) is 0 Å². The first-order valence-corrected chi connectivity index (χ1v) is 9.11. The molecule has 0 spiro atoms. The topological polar surface area (TPSA) is 64.1 Å². The van der Waals surface area contributed by atoms with Crippen LogP contribution in [0.4, 0.5) is 0 Å². The summed E-state index contributed by atoms with van der Waals surface area (Å²) in [6.07, 6.45) is 1.58. The van der Waals surface area contributed by atoms with Crippen molar-refractivity contribution >= 4 is 0 Å². The third kappa shape index (κ3) is 2.62. The van der Waals surface area contributed by atoms with Crippen molar-refractivity contribution in [3.63, 3.8) is 0 Å². The van der Waals surface area contributed by atoms with Gasteiger partial charge in [-0.05, 0) is 42.7 Å². The third-order valence-electron chi connectivity index (χ3n) is 5.68. The fourth-order valence-electron chi connectivity index (χ4n) is 3.99. The van der Waals surface area contributed by atoms with Crippen molar-refractivity contribution in [3.05, 3.63) is 80.5 Å². The highest BCUT2D eigenvalue weighted by atomic mass is 16.5. The summed E-state index contributed by atoms with van der Waals surface area (Å²) in [5.74, 6) is 0.675. The van der Waals surface area contributed by atoms with E-state index in [-0.39, 0.29) is 11.0 Å². The SMILES string of the molecule is CC[C@]1(C)Cc2ccccc2-c2[nH]c(=O)n(-c3ccc(OC)cc3)c(=O)c21. The lowest BCUT2D eigenvalue weighted by molar-refractivity contribution is 0.414. The Labute approximate surface area is 157 Å². The van der Waals surface area contributed by atoms with E-state index >= 15 is 0 Å². The van der Waals surface area contributed by atoms with E-state index in [2.05, 4.69) is 24.9 Å². The first-order valence-electron chi connectivity index (χ1n) is 9.11. The molecule has 1 atom stereocenters. The molecule has 1 N–H and O–H groups in total. The summed E-state index contributed by atoms with van der Waals surface area (Å²) in [4.78, 5) is 29.3. The van der Waals surface area contributed by atoms with Gasteiger partial charge >= 0.3 is 5.69 Å². The van der Waals surface area contributed by atoms with Crippen molar-refractivity contribution < 1.29 is 4.74 Å². The number of fused-ring (bicyclic) bond motifs is 3. The minimum Gasteiger partial charge on any atom is -0.497 e. The molecule has 0 radical (unpaired) electrons. The summed E-state index contributed by atoms with van der Waals surface area (Å²) in [7, 11) is 1.58. The van der Waals surface area contributed by atoms with E-state index in [1.54, 1.807) is 31.4 Å². The van der Waals surface area contributed by atoms with Gasteiger partial charge in [0.05, 0.1) is 18.5 Å². The number of H-pyrrole nitrogens is 1. The summed E-state index contributed by atoms with van der Waals surface area (Å²) in [6, 6.07) is 14.9. The summed E-state index contributed by atoms with van der Waals surface area (Å²) in [6.45, 7) is 4.18. The van der Waals surface area contributed by atoms with Gasteiger partial charge in [0.2, 0.25) is 0 Å². The molecule has 5 nitrogen and oxygen atoms in total. The monoisotopic (exact) mass is 362 g/mol. The fourth-order valence-corrected chi connectivity index (χ4v) is 3.99. The molecule has 2 aromatic carbocycles. The van der Waals surface area contributed by atoms with E-state index in [0.717, 1.165) is 24.0 Å². The molecule has 3 aromatic rings. The minimum absolute atomic E-state index is 0.252. The average molecular weight is 362 g/mol. The van der Waals surface area contributed by atoms with Gasteiger partial charge in [0.15, 0.2) is 0 Å². The van der Waals surface area contributed by atoms with Gasteiger partial charge in [0.1, 0.15) is 5.75 Å². The Hall–Kier alpha value is -3.08. The molecule has 0 fully saturated rings. The van der Waals surface area contributed by atoms with Gasteiger partial charge < -0.3 is 9.72 Å². The van der Waals surface area contributed by atoms with Crippen LogP contribution in [0.5, 0.6) is 5.75 Å². The summed E-state index contributed by atoms with van der Waals surface area (Å²) in [5, 5.41) is 0. The summed E-state index contributed by atoms with van der Waals surface area (Å²) >= 11 is 0. The zero-order chi connectivity index (χ0) is 19.2. The third-order valence-corrected chi connectivity index (χ3v) is 5.68. The Kier molecular flexibility index (Phi) is 4.02. The predicted octanol–water partition coefficient (Wildman–Crippen LogP) is 3.43. The molecular formula is C22H22N2O3. The maximum atomic E-state index is 13.5. The standard InChI is InChI=1S/C22H22N2O3/c1-4-22(2)13-14-7-5-6-8-17(14)19-18(22)20(25)24(21(26)23-19)15-9-11-16(27-3)12-10-15/h5-12H,4,13H2,1-3H3,(H,23,26)/t22-/m1/s1. The van der Waals surface area contributed by atoms with Gasteiger partial charge in [-0.15, -0.1) is 0 Å². The molecule has 1 heterocycles. The number of benzene rings is 2. The van der Waals surface area contributed by atoms with Crippen LogP contribution in [0.2, 0.25) is 0 Å². The van der Waals surface area contributed by atoms with Gasteiger partial charge in [0, 0.05) is 16.5 Å². The van der Waals surface area contributed by atoms with Crippen LogP contribution in [0.1, 0.15) is 31.4 Å². The number of aromatic nitrogens is 2. The quantitative estimate of drug-likeness (QED) is 0.776. The number of methoxy groups -OCH3 is 1. The Balaban J connectivity index is 2.03. The second-order valence-corrected chi connectivity index (χ2v) is 7.27. The number of ether oxygens (including phenoxy) is 1. The Bertz CT molecular complexity index is 1130. The van der Waals surface area contributed by atoms with Crippen LogP contribution in [0.15, 0.2) is 58.1 Å². The molecule has 138 valence electrons. The number of hydrogen-bond acceptors (Lipinski definition) is 3. The highest BCUT2D eigenvalue weighted by Crippen LogP contribution is 2.41. The molecule has 27 heavy (non-hydrogen) atoms. The van der Waals surface area contributed by atoms with E-state index in [9.17, 15) is 9.59 Å². The first-order chi connectivity index (χ1) is 13.0. The maximum Gasteiger partial charge on any atom is 0.333 e. The van der Waals surface area contributed by atoms with Crippen molar-refractivity contribution in [3.8, 4) is 22.7 Å². The highest BCUT2D eigenvalue weighted by molar-refractivity contribution is 5.71. The average Bonchev–Trinajstić information content (AvgIpc) is 2.68. The molecule has 1 aromatic heterocycles. The maximum absolute atomic E-state index is 13.5. The zero-order valence-corrected chi connectivity index (χ0v) is 15.7. The van der Waals surface area contributed by atoms with Crippen molar-refractivity contribution in [2.75, 3.05) is 7.11 Å². The highest BCUT2D eigenvalue weighted by Gasteiger charge is 2.37. The Morgan fingerprint density at radius 1 is 1.11 bits per heavy atom. The largest absolute Gasteiger partial charge is 0.497 e. The molecule has 0 bridgehead atoms. The van der Waals surface area contributed by atoms with Gasteiger partial charge in [-0.25, -0.2) is 9.36 Å². The van der Waals surface area contributed by atoms with Crippen LogP contribution >= 0.6 is 0 Å².